The Labute approximate surface area is 256 Å². The van der Waals surface area contributed by atoms with Gasteiger partial charge in [-0.2, -0.15) is 0 Å². The molecule has 43 heavy (non-hydrogen) atoms. The van der Waals surface area contributed by atoms with Crippen LogP contribution in [0.2, 0.25) is 5.02 Å². The van der Waals surface area contributed by atoms with Gasteiger partial charge in [0.25, 0.3) is 0 Å². The van der Waals surface area contributed by atoms with Crippen LogP contribution >= 0.6 is 11.6 Å². The summed E-state index contributed by atoms with van der Waals surface area (Å²) in [5.41, 5.74) is 1.36. The standard InChI is InChI=1S/C31H40ClFN2O8/c1-30(2,3)42-28(36)34-14-18-12-22(38-7)26(24(32)20(18)16-34)40-10-9-11-41-27-23(39-8)13-19-15-35(17-21(19)25(27)33)29(37)43-31(4,5)6/h12-13H,9-11,14-17H2,1-8H3. The normalized spacial score (nSPS) is 14.3. The SMILES string of the molecule is COc1cc2c(c(F)c1OCCCOc1c(OC)cc3c(c1Cl)CN(C(=O)OC(C)(C)C)C3)CN(C(=O)OC(C)(C)C)C2. The zero-order chi connectivity index (χ0) is 31.7. The van der Waals surface area contributed by atoms with E-state index in [-0.39, 0.29) is 44.3 Å². The fraction of sp³-hybridized carbons (Fsp3) is 0.548. The number of fused-ring (bicyclic) bond motifs is 2. The molecule has 0 saturated carbocycles. The molecule has 2 amide bonds. The van der Waals surface area contributed by atoms with E-state index >= 15 is 4.39 Å². The van der Waals surface area contributed by atoms with Gasteiger partial charge >= 0.3 is 12.2 Å². The number of nitrogens with zero attached hydrogens (tertiary/aromatic N) is 2. The van der Waals surface area contributed by atoms with Gasteiger partial charge in [0.15, 0.2) is 28.8 Å². The van der Waals surface area contributed by atoms with Crippen molar-refractivity contribution < 1.29 is 42.4 Å². The second kappa shape index (κ2) is 12.6. The molecule has 0 spiro atoms. The Balaban J connectivity index is 1.37. The molecule has 4 rings (SSSR count). The van der Waals surface area contributed by atoms with Crippen molar-refractivity contribution >= 4 is 23.8 Å². The van der Waals surface area contributed by atoms with E-state index in [2.05, 4.69) is 0 Å². The maximum Gasteiger partial charge on any atom is 0.410 e. The van der Waals surface area contributed by atoms with E-state index in [1.165, 1.54) is 19.1 Å². The second-order valence-electron chi connectivity index (χ2n) is 12.4. The largest absolute Gasteiger partial charge is 0.493 e. The minimum atomic E-state index is -0.660. The summed E-state index contributed by atoms with van der Waals surface area (Å²) >= 11 is 6.72. The first-order chi connectivity index (χ1) is 20.1. The van der Waals surface area contributed by atoms with E-state index in [0.29, 0.717) is 40.6 Å². The highest BCUT2D eigenvalue weighted by Gasteiger charge is 2.34. The third kappa shape index (κ3) is 7.49. The Hall–Kier alpha value is -3.60. The molecule has 2 aromatic rings. The van der Waals surface area contributed by atoms with Crippen LogP contribution in [0.1, 0.15) is 70.2 Å². The molecule has 12 heteroatoms. The lowest BCUT2D eigenvalue weighted by Crippen LogP contribution is -2.33. The average Bonchev–Trinajstić information content (AvgIpc) is 3.53. The van der Waals surface area contributed by atoms with Gasteiger partial charge in [0.1, 0.15) is 11.2 Å². The number of ether oxygens (including phenoxy) is 6. The molecular formula is C31H40ClFN2O8. The second-order valence-corrected chi connectivity index (χ2v) is 12.8. The fourth-order valence-electron chi connectivity index (χ4n) is 4.81. The monoisotopic (exact) mass is 622 g/mol. The molecule has 0 bridgehead atoms. The van der Waals surface area contributed by atoms with Gasteiger partial charge in [0.05, 0.1) is 45.5 Å². The molecule has 0 radical (unpaired) electrons. The quantitative estimate of drug-likeness (QED) is 0.295. The van der Waals surface area contributed by atoms with Gasteiger partial charge in [-0.05, 0) is 70.4 Å². The summed E-state index contributed by atoms with van der Waals surface area (Å²) in [6.45, 7) is 12.0. The molecule has 2 heterocycles. The van der Waals surface area contributed by atoms with Crippen LogP contribution in [0.15, 0.2) is 12.1 Å². The lowest BCUT2D eigenvalue weighted by molar-refractivity contribution is 0.0231. The number of halogens is 2. The summed E-state index contributed by atoms with van der Waals surface area (Å²) in [5, 5.41) is 0.363. The first-order valence-corrected chi connectivity index (χ1v) is 14.5. The molecule has 2 aliphatic rings. The maximum atomic E-state index is 15.5. The molecule has 0 atom stereocenters. The predicted octanol–water partition coefficient (Wildman–Crippen LogP) is 6.85. The number of benzene rings is 2. The van der Waals surface area contributed by atoms with Gasteiger partial charge in [0.2, 0.25) is 0 Å². The van der Waals surface area contributed by atoms with Crippen molar-refractivity contribution in [3.8, 4) is 23.0 Å². The van der Waals surface area contributed by atoms with Crippen LogP contribution in [-0.2, 0) is 35.7 Å². The van der Waals surface area contributed by atoms with Gasteiger partial charge in [-0.1, -0.05) is 11.6 Å². The highest BCUT2D eigenvalue weighted by molar-refractivity contribution is 6.33. The van der Waals surface area contributed by atoms with Crippen LogP contribution in [0.4, 0.5) is 14.0 Å². The Morgan fingerprint density at radius 2 is 1.21 bits per heavy atom. The van der Waals surface area contributed by atoms with Crippen LogP contribution in [0.25, 0.3) is 0 Å². The number of rotatable bonds is 8. The number of hydrogen-bond acceptors (Lipinski definition) is 8. The van der Waals surface area contributed by atoms with Crippen molar-refractivity contribution in [3.63, 3.8) is 0 Å². The summed E-state index contributed by atoms with van der Waals surface area (Å²) in [5.74, 6) is 0.442. The number of carbonyl (C=O) groups excluding carboxylic acids is 2. The molecule has 2 aliphatic heterocycles. The van der Waals surface area contributed by atoms with Crippen LogP contribution in [0, 0.1) is 5.82 Å². The third-order valence-corrected chi connectivity index (χ3v) is 7.11. The average molecular weight is 623 g/mol. The highest BCUT2D eigenvalue weighted by Crippen LogP contribution is 2.44. The zero-order valence-corrected chi connectivity index (χ0v) is 26.8. The summed E-state index contributed by atoms with van der Waals surface area (Å²) < 4.78 is 49.2. The van der Waals surface area contributed by atoms with E-state index in [1.54, 1.807) is 31.7 Å². The van der Waals surface area contributed by atoms with Gasteiger partial charge in [-0.3, -0.25) is 9.80 Å². The van der Waals surface area contributed by atoms with Gasteiger partial charge < -0.3 is 28.4 Å². The fourth-order valence-corrected chi connectivity index (χ4v) is 5.14. The van der Waals surface area contributed by atoms with Crippen molar-refractivity contribution in [2.24, 2.45) is 0 Å². The van der Waals surface area contributed by atoms with E-state index < -0.39 is 29.2 Å². The highest BCUT2D eigenvalue weighted by atomic mass is 35.5. The van der Waals surface area contributed by atoms with Crippen molar-refractivity contribution in [2.75, 3.05) is 27.4 Å². The maximum absolute atomic E-state index is 15.5. The topological polar surface area (TPSA) is 96.0 Å². The molecule has 0 N–H and O–H groups in total. The number of carbonyl (C=O) groups is 2. The Kier molecular flexibility index (Phi) is 9.44. The summed E-state index contributed by atoms with van der Waals surface area (Å²) in [6, 6.07) is 3.49. The number of amides is 2. The minimum Gasteiger partial charge on any atom is -0.493 e. The molecule has 0 aliphatic carbocycles. The predicted molar refractivity (Wildman–Crippen MR) is 158 cm³/mol. The Morgan fingerprint density at radius 1 is 0.767 bits per heavy atom. The number of hydrogen-bond donors (Lipinski definition) is 0. The van der Waals surface area contributed by atoms with Gasteiger partial charge in [-0.25, -0.2) is 14.0 Å². The van der Waals surface area contributed by atoms with Crippen molar-refractivity contribution in [1.82, 2.24) is 9.80 Å². The summed E-state index contributed by atoms with van der Waals surface area (Å²) in [7, 11) is 2.95. The summed E-state index contributed by atoms with van der Waals surface area (Å²) in [6.07, 6.45) is -0.547. The van der Waals surface area contributed by atoms with E-state index in [4.69, 9.17) is 40.0 Å². The molecular weight excluding hydrogens is 583 g/mol. The van der Waals surface area contributed by atoms with E-state index in [0.717, 1.165) is 11.1 Å². The molecule has 10 nitrogen and oxygen atoms in total. The lowest BCUT2D eigenvalue weighted by atomic mass is 10.1. The van der Waals surface area contributed by atoms with Crippen LogP contribution in [-0.4, -0.2) is 60.6 Å². The first-order valence-electron chi connectivity index (χ1n) is 14.1. The minimum absolute atomic E-state index is 0.0253. The zero-order valence-electron chi connectivity index (χ0n) is 26.0. The van der Waals surface area contributed by atoms with Crippen LogP contribution in [0.5, 0.6) is 23.0 Å². The van der Waals surface area contributed by atoms with Crippen LogP contribution in [0.3, 0.4) is 0 Å². The molecule has 0 fully saturated rings. The number of methoxy groups -OCH3 is 2. The molecule has 0 saturated heterocycles. The smallest absolute Gasteiger partial charge is 0.410 e. The first kappa shape index (κ1) is 32.3. The van der Waals surface area contributed by atoms with E-state index in [9.17, 15) is 9.59 Å². The van der Waals surface area contributed by atoms with Gasteiger partial charge in [0, 0.05) is 25.1 Å². The van der Waals surface area contributed by atoms with Crippen molar-refractivity contribution in [1.29, 1.82) is 0 Å². The molecule has 2 aromatic carbocycles. The lowest BCUT2D eigenvalue weighted by Gasteiger charge is -2.24. The van der Waals surface area contributed by atoms with Gasteiger partial charge in [-0.15, -0.1) is 0 Å². The molecule has 0 unspecified atom stereocenters. The third-order valence-electron chi connectivity index (χ3n) is 6.71. The Morgan fingerprint density at radius 3 is 1.70 bits per heavy atom. The van der Waals surface area contributed by atoms with Crippen LogP contribution < -0.4 is 18.9 Å². The Bertz CT molecular complexity index is 1280. The van der Waals surface area contributed by atoms with E-state index in [1.807, 2.05) is 26.8 Å². The summed E-state index contributed by atoms with van der Waals surface area (Å²) in [4.78, 5) is 28.1. The van der Waals surface area contributed by atoms with Crippen molar-refractivity contribution in [3.05, 3.63) is 45.2 Å². The van der Waals surface area contributed by atoms with Crippen molar-refractivity contribution in [2.45, 2.75) is 85.3 Å². The molecule has 236 valence electrons. The molecule has 0 aromatic heterocycles.